The second-order valence-electron chi connectivity index (χ2n) is 8.26. The van der Waals surface area contributed by atoms with Crippen molar-refractivity contribution in [2.45, 2.75) is 48.5 Å². The van der Waals surface area contributed by atoms with Crippen LogP contribution < -0.4 is 28.1 Å². The average molecular weight is 1010 g/mol. The van der Waals surface area contributed by atoms with Crippen molar-refractivity contribution in [3.63, 3.8) is 0 Å². The second kappa shape index (κ2) is 36.3. The van der Waals surface area contributed by atoms with Crippen LogP contribution in [0.3, 0.4) is 0 Å². The van der Waals surface area contributed by atoms with Gasteiger partial charge >= 0.3 is 23.8 Å². The number of carbonyl (C=O) groups is 2. The number of aromatic nitrogens is 6. The number of nitrogen functional groups attached to an aromatic ring is 3. The second-order valence-corrected chi connectivity index (χ2v) is 13.7. The smallest absolute Gasteiger partial charge is 0.381 e. The molecule has 0 bridgehead atoms. The summed E-state index contributed by atoms with van der Waals surface area (Å²) in [6.07, 6.45) is 7.77. The molecule has 28 heteroatoms. The number of hydrogen-bond acceptors (Lipinski definition) is 18. The summed E-state index contributed by atoms with van der Waals surface area (Å²) in [5.74, 6) is -1.67. The fourth-order valence-corrected chi connectivity index (χ4v) is 5.61. The summed E-state index contributed by atoms with van der Waals surface area (Å²) in [6.45, 7) is 13.9. The molecular weight excluding hydrogens is 961 g/mol. The Kier molecular flexibility index (Phi) is 40.9. The number of nitrogens with two attached hydrogens (primary N) is 3. The largest absolute Gasteiger partial charge is 0.481 e. The van der Waals surface area contributed by atoms with E-state index in [0.717, 1.165) is 26.4 Å². The molecule has 0 aromatic carbocycles. The van der Waals surface area contributed by atoms with Crippen LogP contribution in [-0.2, 0) is 61.8 Å². The summed E-state index contributed by atoms with van der Waals surface area (Å²) in [4.78, 5) is 57.0. The van der Waals surface area contributed by atoms with Crippen molar-refractivity contribution in [2.75, 3.05) is 50.2 Å². The zero-order valence-electron chi connectivity index (χ0n) is 30.3. The van der Waals surface area contributed by atoms with Crippen LogP contribution in [0.1, 0.15) is 48.5 Å². The van der Waals surface area contributed by atoms with Crippen molar-refractivity contribution >= 4 is 92.0 Å². The zero-order valence-corrected chi connectivity index (χ0v) is 37.0. The van der Waals surface area contributed by atoms with Gasteiger partial charge in [0.05, 0.1) is 68.7 Å². The summed E-state index contributed by atoms with van der Waals surface area (Å²) in [5, 5.41) is 14.8. The van der Waals surface area contributed by atoms with Gasteiger partial charge in [0.1, 0.15) is 23.6 Å². The molecule has 22 nitrogen and oxygen atoms in total. The van der Waals surface area contributed by atoms with Gasteiger partial charge in [-0.25, -0.2) is 29.9 Å². The quantitative estimate of drug-likeness (QED) is 0.0774. The van der Waals surface area contributed by atoms with Crippen LogP contribution in [0.2, 0.25) is 0 Å². The van der Waals surface area contributed by atoms with Crippen molar-refractivity contribution in [1.82, 2.24) is 29.9 Å². The Morgan fingerprint density at radius 3 is 1.22 bits per heavy atom. The molecule has 3 heterocycles. The van der Waals surface area contributed by atoms with Gasteiger partial charge < -0.3 is 59.8 Å². The van der Waals surface area contributed by atoms with Crippen molar-refractivity contribution in [1.29, 1.82) is 0 Å². The minimum atomic E-state index is -4.33. The van der Waals surface area contributed by atoms with E-state index in [1.54, 1.807) is 13.8 Å². The van der Waals surface area contributed by atoms with E-state index in [4.69, 9.17) is 69.4 Å². The minimum Gasteiger partial charge on any atom is -0.481 e. The van der Waals surface area contributed by atoms with Crippen LogP contribution in [0.15, 0.2) is 42.2 Å². The predicted molar refractivity (Wildman–Crippen MR) is 205 cm³/mol. The Morgan fingerprint density at radius 2 is 1.00 bits per heavy atom. The van der Waals surface area contributed by atoms with Gasteiger partial charge in [0.2, 0.25) is 0 Å². The van der Waals surface area contributed by atoms with Gasteiger partial charge in [0, 0.05) is 34.3 Å². The van der Waals surface area contributed by atoms with E-state index in [1.807, 2.05) is 20.8 Å². The van der Waals surface area contributed by atoms with Crippen LogP contribution in [-0.4, -0.2) is 94.9 Å². The fourth-order valence-electron chi connectivity index (χ4n) is 2.39. The van der Waals surface area contributed by atoms with Crippen molar-refractivity contribution in [3.8, 4) is 0 Å². The monoisotopic (exact) mass is 1010 g/mol. The van der Waals surface area contributed by atoms with E-state index in [0.29, 0.717) is 30.1 Å². The Bertz CT molecular complexity index is 1460. The van der Waals surface area contributed by atoms with Crippen LogP contribution in [0.5, 0.6) is 0 Å². The SMILES string of the molecule is CC(=O)O.CC(=O)O.CCOP(=O)(OCC)c1ncncc1N.CCOP(OCC)OCC.Cl.Nc1cncnc1Br.Nc1cncnc1P(=O)(O)O.[Pd]. The first-order valence-electron chi connectivity index (χ1n) is 14.6. The van der Waals surface area contributed by atoms with Gasteiger partial charge in [0.15, 0.2) is 10.9 Å². The van der Waals surface area contributed by atoms with Crippen molar-refractivity contribution in [3.05, 3.63) is 42.2 Å². The van der Waals surface area contributed by atoms with Crippen LogP contribution >= 0.6 is 52.1 Å². The molecule has 0 saturated carbocycles. The number of rotatable bonds is 12. The molecule has 314 valence electrons. The number of nitrogens with zero attached hydrogens (tertiary/aromatic N) is 6. The third-order valence-electron chi connectivity index (χ3n) is 3.96. The molecule has 0 saturated heterocycles. The Morgan fingerprint density at radius 1 is 0.685 bits per heavy atom. The first kappa shape index (κ1) is 60.9. The van der Waals surface area contributed by atoms with Crippen molar-refractivity contribution in [2.24, 2.45) is 0 Å². The molecule has 0 aliphatic heterocycles. The van der Waals surface area contributed by atoms with E-state index < -0.39 is 41.2 Å². The molecule has 0 aliphatic rings. The number of carboxylic acid groups (broad SMARTS) is 2. The summed E-state index contributed by atoms with van der Waals surface area (Å²) < 4.78 is 49.1. The van der Waals surface area contributed by atoms with E-state index in [1.165, 1.54) is 25.0 Å². The van der Waals surface area contributed by atoms with Crippen LogP contribution in [0, 0.1) is 0 Å². The summed E-state index contributed by atoms with van der Waals surface area (Å²) in [7, 11) is -8.78. The molecule has 3 rings (SSSR count). The molecule has 3 aromatic rings. The van der Waals surface area contributed by atoms with Crippen LogP contribution in [0.25, 0.3) is 0 Å². The standard InChI is InChI=1S/C8H14N3O3P.C6H15O3P.C4H4BrN3.C4H6N3O3P.2C2H4O2.ClH.Pd/c1-3-13-15(12,14-4-2)8-7(9)5-10-6-11-8;1-4-7-10(8-5-2)9-6-3;5-4-3(6)1-7-2-8-4;5-3-1-6-2-7-4(3)11(8,9)10;2*1-2(3)4;;/h5-6H,3-4,9H2,1-2H3;4-6H2,1-3H3;1-2H,6H2;1-2H,5H2,(H2,8,9,10);2*1H3,(H,3,4);1H;. The van der Waals surface area contributed by atoms with E-state index in [9.17, 15) is 9.13 Å². The van der Waals surface area contributed by atoms with E-state index in [2.05, 4.69) is 45.8 Å². The predicted octanol–water partition coefficient (Wildman–Crippen LogP) is 3.56. The average Bonchev–Trinajstić information content (AvgIpc) is 3.03. The van der Waals surface area contributed by atoms with Gasteiger partial charge in [0.25, 0.3) is 11.9 Å². The molecule has 3 aromatic heterocycles. The topological polar surface area (TPSA) is 351 Å². The Hall–Kier alpha value is -2.38. The first-order valence-corrected chi connectivity index (χ1v) is 19.7. The normalized spacial score (nSPS) is 9.83. The maximum Gasteiger partial charge on any atom is 0.381 e. The Balaban J connectivity index is -0.000000186. The van der Waals surface area contributed by atoms with E-state index in [-0.39, 0.29) is 62.9 Å². The maximum absolute atomic E-state index is 12.2. The summed E-state index contributed by atoms with van der Waals surface area (Å²) in [5.41, 5.74) is 16.5. The van der Waals surface area contributed by atoms with Crippen LogP contribution in [0.4, 0.5) is 17.1 Å². The third-order valence-corrected chi connectivity index (χ3v) is 9.05. The Labute approximate surface area is 343 Å². The molecule has 0 spiro atoms. The molecular formula is C26H48BrClN9O13P3Pd. The van der Waals surface area contributed by atoms with Gasteiger partial charge in [-0.15, -0.1) is 12.4 Å². The molecule has 0 atom stereocenters. The zero-order chi connectivity index (χ0) is 40.8. The molecule has 0 radical (unpaired) electrons. The molecule has 54 heavy (non-hydrogen) atoms. The number of carboxylic acids is 2. The minimum absolute atomic E-state index is 0. The number of halogens is 2. The molecule has 0 aliphatic carbocycles. The maximum atomic E-state index is 12.2. The van der Waals surface area contributed by atoms with Crippen molar-refractivity contribution < 1.29 is 81.8 Å². The first-order chi connectivity index (χ1) is 24.3. The number of anilines is 3. The molecule has 0 amide bonds. The summed E-state index contributed by atoms with van der Waals surface area (Å²) in [6, 6.07) is 0. The van der Waals surface area contributed by atoms with E-state index >= 15 is 0 Å². The van der Waals surface area contributed by atoms with Gasteiger partial charge in [-0.2, -0.15) is 0 Å². The van der Waals surface area contributed by atoms with Gasteiger partial charge in [-0.05, 0) is 50.5 Å². The number of hydrogen-bond donors (Lipinski definition) is 7. The molecule has 0 unspecified atom stereocenters. The van der Waals surface area contributed by atoms with Gasteiger partial charge in [-0.1, -0.05) is 0 Å². The third kappa shape index (κ3) is 33.0. The fraction of sp³-hybridized carbons (Fsp3) is 0.462. The summed E-state index contributed by atoms with van der Waals surface area (Å²) >= 11 is 3.12. The molecule has 0 fully saturated rings. The van der Waals surface area contributed by atoms with Gasteiger partial charge in [-0.3, -0.25) is 18.7 Å². The molecule has 10 N–H and O–H groups in total. The number of aliphatic carboxylic acids is 2.